The highest BCUT2D eigenvalue weighted by Crippen LogP contribution is 2.30. The zero-order chi connectivity index (χ0) is 11.6. The lowest BCUT2D eigenvalue weighted by atomic mass is 9.82. The third-order valence-electron chi connectivity index (χ3n) is 4.17. The van der Waals surface area contributed by atoms with Gasteiger partial charge in [0.25, 0.3) is 0 Å². The Hall–Kier alpha value is 0.690. The van der Waals surface area contributed by atoms with Crippen molar-refractivity contribution in [1.82, 2.24) is 5.32 Å². The minimum Gasteiger partial charge on any atom is -0.317 e. The van der Waals surface area contributed by atoms with Crippen molar-refractivity contribution in [2.75, 3.05) is 13.1 Å². The normalized spacial score (nSPS) is 22.2. The van der Waals surface area contributed by atoms with Gasteiger partial charge < -0.3 is 5.32 Å². The molecule has 2 rings (SSSR count). The second-order valence-corrected chi connectivity index (χ2v) is 5.27. The summed E-state index contributed by atoms with van der Waals surface area (Å²) in [5.41, 5.74) is 0. The average Bonchev–Trinajstić information content (AvgIpc) is 2.41. The Morgan fingerprint density at radius 2 is 1.24 bits per heavy atom. The Morgan fingerprint density at radius 3 is 1.76 bits per heavy atom. The Balaban J connectivity index is 0.000000811. The van der Waals surface area contributed by atoms with Crippen LogP contribution in [0, 0.1) is 11.8 Å². The van der Waals surface area contributed by atoms with E-state index in [9.17, 15) is 0 Å². The van der Waals surface area contributed by atoms with Crippen LogP contribution in [0.15, 0.2) is 0 Å². The molecule has 1 aliphatic carbocycles. The molecular weight excluding hydrogens is 321 g/mol. The molecule has 1 aliphatic heterocycles. The first-order valence-electron chi connectivity index (χ1n) is 7.66. The summed E-state index contributed by atoms with van der Waals surface area (Å²) in [6.07, 6.45) is 13.5. The second kappa shape index (κ2) is 11.8. The molecule has 17 heavy (non-hydrogen) atoms. The van der Waals surface area contributed by atoms with Gasteiger partial charge in [-0.15, -0.1) is 24.0 Å². The minimum atomic E-state index is 0. The van der Waals surface area contributed by atoms with Crippen LogP contribution in [0.2, 0.25) is 0 Å². The van der Waals surface area contributed by atoms with Crippen molar-refractivity contribution in [3.05, 3.63) is 0 Å². The van der Waals surface area contributed by atoms with Gasteiger partial charge in [-0.3, -0.25) is 0 Å². The van der Waals surface area contributed by atoms with Crippen LogP contribution >= 0.6 is 24.0 Å². The van der Waals surface area contributed by atoms with Gasteiger partial charge in [0.15, 0.2) is 0 Å². The maximum Gasteiger partial charge on any atom is -0.00463 e. The van der Waals surface area contributed by atoms with Crippen LogP contribution < -0.4 is 5.32 Å². The van der Waals surface area contributed by atoms with E-state index in [4.69, 9.17) is 0 Å². The fourth-order valence-corrected chi connectivity index (χ4v) is 3.12. The van der Waals surface area contributed by atoms with Crippen molar-refractivity contribution in [2.45, 2.75) is 71.6 Å². The third kappa shape index (κ3) is 7.66. The third-order valence-corrected chi connectivity index (χ3v) is 4.17. The molecule has 0 atom stereocenters. The van der Waals surface area contributed by atoms with Crippen LogP contribution in [-0.4, -0.2) is 13.1 Å². The Labute approximate surface area is 126 Å². The van der Waals surface area contributed by atoms with E-state index in [2.05, 4.69) is 5.32 Å². The highest BCUT2D eigenvalue weighted by Gasteiger charge is 2.17. The van der Waals surface area contributed by atoms with Crippen LogP contribution in [0.1, 0.15) is 71.6 Å². The van der Waals surface area contributed by atoms with Gasteiger partial charge in [0, 0.05) is 0 Å². The van der Waals surface area contributed by atoms with Crippen molar-refractivity contribution in [1.29, 1.82) is 0 Å². The quantitative estimate of drug-likeness (QED) is 0.705. The summed E-state index contributed by atoms with van der Waals surface area (Å²) < 4.78 is 0. The number of hydrogen-bond acceptors (Lipinski definition) is 1. The molecule has 0 amide bonds. The fraction of sp³-hybridized carbons (Fsp3) is 1.00. The molecule has 1 heterocycles. The minimum absolute atomic E-state index is 0. The lowest BCUT2D eigenvalue weighted by molar-refractivity contribution is 0.279. The topological polar surface area (TPSA) is 12.0 Å². The Bertz CT molecular complexity index is 131. The lowest BCUT2D eigenvalue weighted by Gasteiger charge is -2.26. The van der Waals surface area contributed by atoms with E-state index in [0.717, 1.165) is 11.8 Å². The SMILES string of the molecule is C1CCC(CCC2CCNCC2)CC1.CC.I. The highest BCUT2D eigenvalue weighted by molar-refractivity contribution is 14.0. The van der Waals surface area contributed by atoms with E-state index < -0.39 is 0 Å². The molecule has 2 fully saturated rings. The van der Waals surface area contributed by atoms with Gasteiger partial charge in [0.2, 0.25) is 0 Å². The number of rotatable bonds is 3. The molecule has 1 saturated heterocycles. The van der Waals surface area contributed by atoms with Gasteiger partial charge in [-0.1, -0.05) is 58.8 Å². The maximum atomic E-state index is 3.45. The highest BCUT2D eigenvalue weighted by atomic mass is 127. The molecule has 0 bridgehead atoms. The van der Waals surface area contributed by atoms with E-state index in [0.29, 0.717) is 0 Å². The van der Waals surface area contributed by atoms with Crippen LogP contribution in [-0.2, 0) is 0 Å². The summed E-state index contributed by atoms with van der Waals surface area (Å²) in [4.78, 5) is 0. The van der Waals surface area contributed by atoms with Crippen molar-refractivity contribution in [2.24, 2.45) is 11.8 Å². The first kappa shape index (κ1) is 17.7. The fourth-order valence-electron chi connectivity index (χ4n) is 3.12. The van der Waals surface area contributed by atoms with Gasteiger partial charge in [0.1, 0.15) is 0 Å². The van der Waals surface area contributed by atoms with Crippen LogP contribution in [0.3, 0.4) is 0 Å². The molecule has 0 spiro atoms. The van der Waals surface area contributed by atoms with Crippen LogP contribution in [0.4, 0.5) is 0 Å². The molecule has 104 valence electrons. The molecule has 2 heteroatoms. The van der Waals surface area contributed by atoms with Crippen molar-refractivity contribution < 1.29 is 0 Å². The molecule has 1 nitrogen and oxygen atoms in total. The molecule has 0 aromatic heterocycles. The number of hydrogen-bond donors (Lipinski definition) is 1. The zero-order valence-corrected chi connectivity index (χ0v) is 14.2. The summed E-state index contributed by atoms with van der Waals surface area (Å²) in [7, 11) is 0. The standard InChI is InChI=1S/C13H25N.C2H6.HI/c1-2-4-12(5-3-1)6-7-13-8-10-14-11-9-13;1-2;/h12-14H,1-11H2;1-2H3;1H. The van der Waals surface area contributed by atoms with Crippen LogP contribution in [0.25, 0.3) is 0 Å². The molecule has 1 N–H and O–H groups in total. The zero-order valence-electron chi connectivity index (χ0n) is 11.8. The van der Waals surface area contributed by atoms with E-state index in [1.807, 2.05) is 13.8 Å². The first-order valence-corrected chi connectivity index (χ1v) is 7.66. The van der Waals surface area contributed by atoms with Gasteiger partial charge in [-0.2, -0.15) is 0 Å². The summed E-state index contributed by atoms with van der Waals surface area (Å²) in [6, 6.07) is 0. The van der Waals surface area contributed by atoms with Crippen molar-refractivity contribution in [3.8, 4) is 0 Å². The predicted octanol–water partition coefficient (Wildman–Crippen LogP) is 4.99. The van der Waals surface area contributed by atoms with E-state index in [-0.39, 0.29) is 24.0 Å². The molecule has 2 aliphatic rings. The van der Waals surface area contributed by atoms with E-state index in [1.54, 1.807) is 0 Å². The summed E-state index contributed by atoms with van der Waals surface area (Å²) in [5, 5.41) is 3.45. The van der Waals surface area contributed by atoms with E-state index in [1.165, 1.54) is 70.9 Å². The van der Waals surface area contributed by atoms with Gasteiger partial charge >= 0.3 is 0 Å². The van der Waals surface area contributed by atoms with Gasteiger partial charge in [-0.05, 0) is 37.8 Å². The number of nitrogens with one attached hydrogen (secondary N) is 1. The van der Waals surface area contributed by atoms with Crippen LogP contribution in [0.5, 0.6) is 0 Å². The Kier molecular flexibility index (Phi) is 12.2. The predicted molar refractivity (Wildman–Crippen MR) is 88.2 cm³/mol. The molecule has 0 unspecified atom stereocenters. The summed E-state index contributed by atoms with van der Waals surface area (Å²) in [5.74, 6) is 2.15. The number of halogens is 1. The van der Waals surface area contributed by atoms with Gasteiger partial charge in [-0.25, -0.2) is 0 Å². The molecule has 0 aromatic carbocycles. The summed E-state index contributed by atoms with van der Waals surface area (Å²) in [6.45, 7) is 6.55. The first-order chi connectivity index (χ1) is 7.95. The van der Waals surface area contributed by atoms with E-state index >= 15 is 0 Å². The largest absolute Gasteiger partial charge is 0.317 e. The van der Waals surface area contributed by atoms with Gasteiger partial charge in [0.05, 0.1) is 0 Å². The molecule has 1 saturated carbocycles. The van der Waals surface area contributed by atoms with Crippen molar-refractivity contribution >= 4 is 24.0 Å². The Morgan fingerprint density at radius 1 is 0.765 bits per heavy atom. The van der Waals surface area contributed by atoms with Crippen molar-refractivity contribution in [3.63, 3.8) is 0 Å². The lowest BCUT2D eigenvalue weighted by Crippen LogP contribution is -2.28. The molecule has 0 radical (unpaired) electrons. The maximum absolute atomic E-state index is 3.45. The smallest absolute Gasteiger partial charge is 0.00463 e. The molecule has 0 aromatic rings. The number of piperidine rings is 1. The average molecular weight is 353 g/mol. The monoisotopic (exact) mass is 353 g/mol. The summed E-state index contributed by atoms with van der Waals surface area (Å²) >= 11 is 0. The second-order valence-electron chi connectivity index (χ2n) is 5.27. The molecular formula is C15H32IN.